The van der Waals surface area contributed by atoms with Crippen molar-refractivity contribution in [2.75, 3.05) is 0 Å². The quantitative estimate of drug-likeness (QED) is 0.174. The van der Waals surface area contributed by atoms with Gasteiger partial charge in [-0.15, -0.1) is 0 Å². The molecule has 3 heteroatoms. The minimum absolute atomic E-state index is 1.15. The number of nitrogens with zero attached hydrogens (tertiary/aromatic N) is 3. The van der Waals surface area contributed by atoms with Gasteiger partial charge in [-0.2, -0.15) is 0 Å². The van der Waals surface area contributed by atoms with E-state index in [1.807, 2.05) is 0 Å². The first-order chi connectivity index (χ1) is 27.3. The van der Waals surface area contributed by atoms with Crippen molar-refractivity contribution in [2.24, 2.45) is 0 Å². The molecule has 12 aromatic rings. The van der Waals surface area contributed by atoms with Gasteiger partial charge in [0.1, 0.15) is 0 Å². The molecule has 55 heavy (non-hydrogen) atoms. The Balaban J connectivity index is 1.12. The van der Waals surface area contributed by atoms with Crippen molar-refractivity contribution < 1.29 is 0 Å². The van der Waals surface area contributed by atoms with Gasteiger partial charge in [0.15, 0.2) is 0 Å². The second-order valence-corrected chi connectivity index (χ2v) is 14.5. The average molecular weight is 700 g/mol. The van der Waals surface area contributed by atoms with Crippen molar-refractivity contribution in [3.63, 3.8) is 0 Å². The maximum Gasteiger partial charge on any atom is 0.0562 e. The molecule has 0 spiro atoms. The largest absolute Gasteiger partial charge is 0.309 e. The van der Waals surface area contributed by atoms with Gasteiger partial charge in [0, 0.05) is 43.7 Å². The smallest absolute Gasteiger partial charge is 0.0562 e. The van der Waals surface area contributed by atoms with Crippen molar-refractivity contribution in [2.45, 2.75) is 0 Å². The zero-order chi connectivity index (χ0) is 36.0. The van der Waals surface area contributed by atoms with E-state index in [1.54, 1.807) is 0 Å². The predicted octanol–water partition coefficient (Wildman–Crippen LogP) is 13.8. The summed E-state index contributed by atoms with van der Waals surface area (Å²) in [5.74, 6) is 0. The number of hydrogen-bond donors (Lipinski definition) is 0. The molecule has 12 rings (SSSR count). The molecule has 0 unspecified atom stereocenters. The highest BCUT2D eigenvalue weighted by molar-refractivity contribution is 6.29. The Morgan fingerprint density at radius 3 is 1.40 bits per heavy atom. The Kier molecular flexibility index (Phi) is 6.34. The van der Waals surface area contributed by atoms with Gasteiger partial charge in [-0.05, 0) is 94.7 Å². The second kappa shape index (κ2) is 11.6. The summed E-state index contributed by atoms with van der Waals surface area (Å²) in [6, 6.07) is 73.1. The summed E-state index contributed by atoms with van der Waals surface area (Å²) in [4.78, 5) is 0. The average Bonchev–Trinajstić information content (AvgIpc) is 3.90. The molecule has 3 nitrogen and oxygen atoms in total. The van der Waals surface area contributed by atoms with Gasteiger partial charge in [-0.1, -0.05) is 127 Å². The summed E-state index contributed by atoms with van der Waals surface area (Å²) >= 11 is 0. The topological polar surface area (TPSA) is 14.8 Å². The first-order valence-corrected chi connectivity index (χ1v) is 18.9. The van der Waals surface area contributed by atoms with Crippen LogP contribution in [0.5, 0.6) is 0 Å². The normalized spacial score (nSPS) is 12.0. The van der Waals surface area contributed by atoms with E-state index in [2.05, 4.69) is 214 Å². The van der Waals surface area contributed by atoms with Crippen LogP contribution in [0.15, 0.2) is 200 Å². The lowest BCUT2D eigenvalue weighted by molar-refractivity contribution is 1.17. The maximum absolute atomic E-state index is 2.50. The molecular weight excluding hydrogens is 667 g/mol. The summed E-state index contributed by atoms with van der Waals surface area (Å²) in [7, 11) is 0. The number of aromatic nitrogens is 3. The molecule has 0 amide bonds. The van der Waals surface area contributed by atoms with Crippen LogP contribution in [0.3, 0.4) is 0 Å². The summed E-state index contributed by atoms with van der Waals surface area (Å²) in [5.41, 5.74) is 13.1. The van der Waals surface area contributed by atoms with E-state index in [0.29, 0.717) is 0 Å². The van der Waals surface area contributed by atoms with Gasteiger partial charge in [-0.3, -0.25) is 0 Å². The fourth-order valence-electron chi connectivity index (χ4n) is 9.27. The van der Waals surface area contributed by atoms with Crippen molar-refractivity contribution in [3.05, 3.63) is 200 Å². The Bertz CT molecular complexity index is 3470. The van der Waals surface area contributed by atoms with Gasteiger partial charge >= 0.3 is 0 Å². The van der Waals surface area contributed by atoms with E-state index < -0.39 is 0 Å². The first kappa shape index (κ1) is 30.1. The fourth-order valence-corrected chi connectivity index (χ4v) is 9.27. The molecule has 0 fully saturated rings. The maximum atomic E-state index is 2.50. The van der Waals surface area contributed by atoms with Crippen LogP contribution in [-0.4, -0.2) is 13.7 Å². The van der Waals surface area contributed by atoms with Crippen LogP contribution in [0.4, 0.5) is 0 Å². The Morgan fingerprint density at radius 1 is 0.255 bits per heavy atom. The van der Waals surface area contributed by atoms with Gasteiger partial charge in [0.2, 0.25) is 0 Å². The molecule has 0 aliphatic heterocycles. The van der Waals surface area contributed by atoms with E-state index in [4.69, 9.17) is 0 Å². The minimum atomic E-state index is 1.15. The Morgan fingerprint density at radius 2 is 0.727 bits per heavy atom. The van der Waals surface area contributed by atoms with Crippen LogP contribution in [0, 0.1) is 0 Å². The lowest BCUT2D eigenvalue weighted by atomic mass is 10.0. The van der Waals surface area contributed by atoms with Crippen molar-refractivity contribution in [1.29, 1.82) is 0 Å². The lowest BCUT2D eigenvalue weighted by Crippen LogP contribution is -1.97. The van der Waals surface area contributed by atoms with Crippen LogP contribution in [0.1, 0.15) is 0 Å². The molecule has 9 aromatic carbocycles. The molecule has 0 aliphatic rings. The minimum Gasteiger partial charge on any atom is -0.309 e. The highest BCUT2D eigenvalue weighted by Gasteiger charge is 2.23. The van der Waals surface area contributed by atoms with Gasteiger partial charge in [-0.25, -0.2) is 0 Å². The molecule has 0 aliphatic carbocycles. The van der Waals surface area contributed by atoms with Crippen LogP contribution in [0.25, 0.3) is 104 Å². The van der Waals surface area contributed by atoms with Gasteiger partial charge in [0.25, 0.3) is 0 Å². The lowest BCUT2D eigenvalue weighted by Gasteiger charge is -2.12. The number of para-hydroxylation sites is 4. The zero-order valence-electron chi connectivity index (χ0n) is 29.9. The van der Waals surface area contributed by atoms with E-state index in [1.165, 1.54) is 93.0 Å². The van der Waals surface area contributed by atoms with Crippen molar-refractivity contribution in [3.8, 4) is 28.2 Å². The molecular formula is C52H33N3. The van der Waals surface area contributed by atoms with Gasteiger partial charge in [0.05, 0.1) is 38.8 Å². The monoisotopic (exact) mass is 699 g/mol. The molecule has 0 saturated heterocycles. The summed E-state index contributed by atoms with van der Waals surface area (Å²) < 4.78 is 7.34. The molecule has 0 atom stereocenters. The molecule has 0 bridgehead atoms. The molecule has 256 valence electrons. The summed E-state index contributed by atoms with van der Waals surface area (Å²) in [6.07, 6.45) is 0. The third kappa shape index (κ3) is 4.32. The van der Waals surface area contributed by atoms with Crippen LogP contribution < -0.4 is 0 Å². The van der Waals surface area contributed by atoms with Crippen molar-refractivity contribution in [1.82, 2.24) is 13.7 Å². The Labute approximate surface area is 317 Å². The summed E-state index contributed by atoms with van der Waals surface area (Å²) in [5, 5.41) is 10.1. The standard InChI is InChI=1S/C52H33N3/c1-2-15-38(16-3-1)53-43-20-9-6-17-40(43)50-46(53)23-12-24-47(50)55-45-22-11-8-19-42(45)52-49(55)32-31-48-51(52)41-18-7-10-21-44(41)54(48)39-29-27-35(28-30-39)37-26-25-34-13-4-5-14-36(34)33-37/h1-33H. The van der Waals surface area contributed by atoms with E-state index >= 15 is 0 Å². The van der Waals surface area contributed by atoms with Crippen LogP contribution >= 0.6 is 0 Å². The highest BCUT2D eigenvalue weighted by Crippen LogP contribution is 2.44. The zero-order valence-corrected chi connectivity index (χ0v) is 29.9. The third-order valence-electron chi connectivity index (χ3n) is 11.6. The molecule has 3 heterocycles. The Hall–Kier alpha value is -7.36. The molecule has 0 N–H and O–H groups in total. The van der Waals surface area contributed by atoms with E-state index in [0.717, 1.165) is 11.4 Å². The fraction of sp³-hybridized carbons (Fsp3) is 0. The second-order valence-electron chi connectivity index (χ2n) is 14.5. The molecule has 0 saturated carbocycles. The van der Waals surface area contributed by atoms with E-state index in [9.17, 15) is 0 Å². The number of benzene rings is 9. The number of rotatable bonds is 4. The van der Waals surface area contributed by atoms with Crippen LogP contribution in [0.2, 0.25) is 0 Å². The SMILES string of the molecule is c1ccc(-n2c3ccccc3c3c(-n4c5ccccc5c5c6c7ccccc7n(-c7ccc(-c8ccc9ccccc9c8)cc7)c6ccc54)cccc32)cc1. The van der Waals surface area contributed by atoms with Crippen molar-refractivity contribution >= 4 is 76.2 Å². The van der Waals surface area contributed by atoms with Crippen LogP contribution in [-0.2, 0) is 0 Å². The first-order valence-electron chi connectivity index (χ1n) is 18.9. The third-order valence-corrected chi connectivity index (χ3v) is 11.6. The highest BCUT2D eigenvalue weighted by atomic mass is 15.0. The number of hydrogen-bond acceptors (Lipinski definition) is 0. The molecule has 3 aromatic heterocycles. The molecule has 0 radical (unpaired) electrons. The van der Waals surface area contributed by atoms with E-state index in [-0.39, 0.29) is 0 Å². The van der Waals surface area contributed by atoms with Gasteiger partial charge < -0.3 is 13.7 Å². The number of fused-ring (bicyclic) bond motifs is 11. The summed E-state index contributed by atoms with van der Waals surface area (Å²) in [6.45, 7) is 0. The predicted molar refractivity (Wildman–Crippen MR) is 232 cm³/mol.